The first kappa shape index (κ1) is 13.3. The highest BCUT2D eigenvalue weighted by Crippen LogP contribution is 2.28. The fraction of sp³-hybridized carbons (Fsp3) is 0.188. The zero-order valence-corrected chi connectivity index (χ0v) is 12.1. The first-order valence-corrected chi connectivity index (χ1v) is 6.90. The van der Waals surface area contributed by atoms with Gasteiger partial charge in [0.05, 0.1) is 5.69 Å². The summed E-state index contributed by atoms with van der Waals surface area (Å²) in [5, 5.41) is 4.91. The Hall–Kier alpha value is -2.69. The van der Waals surface area contributed by atoms with E-state index in [9.17, 15) is 0 Å². The summed E-state index contributed by atoms with van der Waals surface area (Å²) in [5.41, 5.74) is 9.16. The van der Waals surface area contributed by atoms with Gasteiger partial charge in [-0.15, -0.1) is 0 Å². The molecule has 0 fully saturated rings. The Morgan fingerprint density at radius 1 is 1.24 bits per heavy atom. The summed E-state index contributed by atoms with van der Waals surface area (Å²) < 4.78 is 0. The summed E-state index contributed by atoms with van der Waals surface area (Å²) in [6.45, 7) is 2.12. The number of fused-ring (bicyclic) bond motifs is 1. The van der Waals surface area contributed by atoms with Crippen LogP contribution in [-0.2, 0) is 6.42 Å². The zero-order valence-electron chi connectivity index (χ0n) is 12.1. The minimum atomic E-state index is 0.489. The minimum absolute atomic E-state index is 0.489. The van der Waals surface area contributed by atoms with Gasteiger partial charge in [-0.2, -0.15) is 0 Å². The number of anilines is 2. The number of nitrogens with one attached hydrogen (secondary N) is 1. The molecule has 0 bridgehead atoms. The van der Waals surface area contributed by atoms with Gasteiger partial charge < -0.3 is 11.1 Å². The standard InChI is InChI=1S/C16H17N5/c1-3-10-4-5-19-8-12(10)14-6-11-7-15(18-2)20-9-13(11)16(17)21-14/h4-9H,3H2,1-2H3,(H2,17,21)(H,18,20). The second-order valence-corrected chi connectivity index (χ2v) is 4.82. The lowest BCUT2D eigenvalue weighted by Gasteiger charge is -2.10. The topological polar surface area (TPSA) is 76.7 Å². The lowest BCUT2D eigenvalue weighted by molar-refractivity contribution is 1.11. The van der Waals surface area contributed by atoms with E-state index < -0.39 is 0 Å². The van der Waals surface area contributed by atoms with E-state index >= 15 is 0 Å². The number of aryl methyl sites for hydroxylation is 1. The molecule has 21 heavy (non-hydrogen) atoms. The lowest BCUT2D eigenvalue weighted by Crippen LogP contribution is -1.99. The molecule has 0 saturated carbocycles. The molecule has 0 radical (unpaired) electrons. The second-order valence-electron chi connectivity index (χ2n) is 4.82. The monoisotopic (exact) mass is 279 g/mol. The summed E-state index contributed by atoms with van der Waals surface area (Å²) in [4.78, 5) is 13.0. The van der Waals surface area contributed by atoms with Crippen LogP contribution in [-0.4, -0.2) is 22.0 Å². The largest absolute Gasteiger partial charge is 0.383 e. The van der Waals surface area contributed by atoms with Gasteiger partial charge in [-0.3, -0.25) is 4.98 Å². The molecule has 3 aromatic heterocycles. The predicted molar refractivity (Wildman–Crippen MR) is 86.1 cm³/mol. The van der Waals surface area contributed by atoms with Crippen molar-refractivity contribution < 1.29 is 0 Å². The molecule has 0 aliphatic heterocycles. The van der Waals surface area contributed by atoms with Gasteiger partial charge in [-0.1, -0.05) is 6.92 Å². The molecule has 0 spiro atoms. The molecule has 5 nitrogen and oxygen atoms in total. The van der Waals surface area contributed by atoms with E-state index in [0.717, 1.165) is 34.3 Å². The quantitative estimate of drug-likeness (QED) is 0.771. The molecule has 0 amide bonds. The molecule has 106 valence electrons. The molecular formula is C16H17N5. The van der Waals surface area contributed by atoms with Crippen molar-refractivity contribution in [2.24, 2.45) is 0 Å². The number of nitrogen functional groups attached to an aromatic ring is 1. The van der Waals surface area contributed by atoms with E-state index in [4.69, 9.17) is 5.73 Å². The summed E-state index contributed by atoms with van der Waals surface area (Å²) in [5.74, 6) is 1.30. The van der Waals surface area contributed by atoms with Gasteiger partial charge in [0.15, 0.2) is 0 Å². The molecule has 3 aromatic rings. The summed E-state index contributed by atoms with van der Waals surface area (Å²) in [7, 11) is 1.84. The Balaban J connectivity index is 2.24. The number of aromatic nitrogens is 3. The van der Waals surface area contributed by atoms with Crippen molar-refractivity contribution in [1.29, 1.82) is 0 Å². The molecule has 0 aliphatic carbocycles. The van der Waals surface area contributed by atoms with Gasteiger partial charge in [0.1, 0.15) is 11.6 Å². The van der Waals surface area contributed by atoms with E-state index in [1.54, 1.807) is 12.4 Å². The average Bonchev–Trinajstić information content (AvgIpc) is 2.54. The van der Waals surface area contributed by atoms with Crippen molar-refractivity contribution in [2.45, 2.75) is 13.3 Å². The van der Waals surface area contributed by atoms with E-state index in [-0.39, 0.29) is 0 Å². The van der Waals surface area contributed by atoms with Crippen LogP contribution in [0.1, 0.15) is 12.5 Å². The normalized spacial score (nSPS) is 10.8. The number of nitrogens with two attached hydrogens (primary N) is 1. The van der Waals surface area contributed by atoms with E-state index in [0.29, 0.717) is 5.82 Å². The van der Waals surface area contributed by atoms with Crippen LogP contribution in [0.15, 0.2) is 36.8 Å². The van der Waals surface area contributed by atoms with Gasteiger partial charge in [0, 0.05) is 36.6 Å². The third-order valence-corrected chi connectivity index (χ3v) is 3.57. The van der Waals surface area contributed by atoms with Crippen LogP contribution in [0.4, 0.5) is 11.6 Å². The van der Waals surface area contributed by atoms with Crippen LogP contribution in [0, 0.1) is 0 Å². The number of rotatable bonds is 3. The number of hydrogen-bond donors (Lipinski definition) is 2. The SMILES string of the molecule is CCc1ccncc1-c1cc2cc(NC)ncc2c(N)n1. The molecule has 5 heteroatoms. The average molecular weight is 279 g/mol. The van der Waals surface area contributed by atoms with Crippen LogP contribution in [0.3, 0.4) is 0 Å². The predicted octanol–water partition coefficient (Wildman–Crippen LogP) is 2.88. The third-order valence-electron chi connectivity index (χ3n) is 3.57. The van der Waals surface area contributed by atoms with E-state index in [1.165, 1.54) is 5.56 Å². The molecule has 0 aromatic carbocycles. The van der Waals surface area contributed by atoms with Crippen LogP contribution in [0.5, 0.6) is 0 Å². The zero-order chi connectivity index (χ0) is 14.8. The molecular weight excluding hydrogens is 262 g/mol. The van der Waals surface area contributed by atoms with Gasteiger partial charge in [-0.25, -0.2) is 9.97 Å². The summed E-state index contributed by atoms with van der Waals surface area (Å²) in [6.07, 6.45) is 6.31. The Labute approximate surface area is 123 Å². The molecule has 3 heterocycles. The maximum Gasteiger partial charge on any atom is 0.133 e. The Bertz CT molecular complexity index is 798. The van der Waals surface area contributed by atoms with Crippen molar-refractivity contribution in [1.82, 2.24) is 15.0 Å². The van der Waals surface area contributed by atoms with Crippen LogP contribution >= 0.6 is 0 Å². The maximum atomic E-state index is 6.09. The van der Waals surface area contributed by atoms with Crippen molar-refractivity contribution >= 4 is 22.4 Å². The van der Waals surface area contributed by atoms with Crippen LogP contribution < -0.4 is 11.1 Å². The second kappa shape index (κ2) is 5.36. The maximum absolute atomic E-state index is 6.09. The van der Waals surface area contributed by atoms with Crippen molar-refractivity contribution in [3.8, 4) is 11.3 Å². The van der Waals surface area contributed by atoms with Crippen molar-refractivity contribution in [2.75, 3.05) is 18.1 Å². The van der Waals surface area contributed by atoms with Gasteiger partial charge in [0.2, 0.25) is 0 Å². The van der Waals surface area contributed by atoms with E-state index in [1.807, 2.05) is 31.4 Å². The molecule has 0 saturated heterocycles. The Kier molecular flexibility index (Phi) is 3.39. The van der Waals surface area contributed by atoms with Crippen LogP contribution in [0.25, 0.3) is 22.0 Å². The highest BCUT2D eigenvalue weighted by molar-refractivity contribution is 5.94. The molecule has 3 N–H and O–H groups in total. The number of nitrogens with zero attached hydrogens (tertiary/aromatic N) is 3. The highest BCUT2D eigenvalue weighted by Gasteiger charge is 2.09. The third kappa shape index (κ3) is 2.38. The van der Waals surface area contributed by atoms with Crippen molar-refractivity contribution in [3.05, 3.63) is 42.4 Å². The smallest absolute Gasteiger partial charge is 0.133 e. The minimum Gasteiger partial charge on any atom is -0.383 e. The van der Waals surface area contributed by atoms with Gasteiger partial charge in [0.25, 0.3) is 0 Å². The van der Waals surface area contributed by atoms with Crippen molar-refractivity contribution in [3.63, 3.8) is 0 Å². The first-order chi connectivity index (χ1) is 10.2. The van der Waals surface area contributed by atoms with Gasteiger partial charge >= 0.3 is 0 Å². The van der Waals surface area contributed by atoms with E-state index in [2.05, 4.69) is 27.2 Å². The summed E-state index contributed by atoms with van der Waals surface area (Å²) in [6, 6.07) is 6.02. The summed E-state index contributed by atoms with van der Waals surface area (Å²) >= 11 is 0. The van der Waals surface area contributed by atoms with Crippen LogP contribution in [0.2, 0.25) is 0 Å². The fourth-order valence-corrected chi connectivity index (χ4v) is 2.41. The lowest BCUT2D eigenvalue weighted by atomic mass is 10.0. The molecule has 0 unspecified atom stereocenters. The number of pyridine rings is 3. The first-order valence-electron chi connectivity index (χ1n) is 6.90. The fourth-order valence-electron chi connectivity index (χ4n) is 2.41. The molecule has 0 atom stereocenters. The van der Waals surface area contributed by atoms with Gasteiger partial charge in [-0.05, 0) is 35.6 Å². The highest BCUT2D eigenvalue weighted by atomic mass is 15.0. The molecule has 0 aliphatic rings. The Morgan fingerprint density at radius 2 is 2.10 bits per heavy atom. The Morgan fingerprint density at radius 3 is 2.86 bits per heavy atom. The number of hydrogen-bond acceptors (Lipinski definition) is 5. The molecule has 3 rings (SSSR count).